The van der Waals surface area contributed by atoms with Crippen molar-refractivity contribution in [1.29, 1.82) is 0 Å². The highest BCUT2D eigenvalue weighted by Crippen LogP contribution is 2.40. The Labute approximate surface area is 231 Å². The molecule has 0 saturated carbocycles. The summed E-state index contributed by atoms with van der Waals surface area (Å²) < 4.78 is 22.7. The van der Waals surface area contributed by atoms with Crippen molar-refractivity contribution >= 4 is 0 Å². The van der Waals surface area contributed by atoms with Crippen molar-refractivity contribution in [1.82, 2.24) is 0 Å². The normalized spacial score (nSPS) is 13.6. The minimum Gasteiger partial charge on any atom is -0.502 e. The van der Waals surface area contributed by atoms with Crippen molar-refractivity contribution in [2.45, 2.75) is 137 Å². The lowest BCUT2D eigenvalue weighted by Crippen LogP contribution is -2.23. The second-order valence-corrected chi connectivity index (χ2v) is 10.2. The summed E-state index contributed by atoms with van der Waals surface area (Å²) in [5.74, 6) is 0. The maximum absolute atomic E-state index is 5.76. The fourth-order valence-corrected chi connectivity index (χ4v) is 4.77. The minimum absolute atomic E-state index is 0.352. The highest BCUT2D eigenvalue weighted by molar-refractivity contribution is 4.81. The largest absolute Gasteiger partial charge is 0.502 e. The van der Waals surface area contributed by atoms with Gasteiger partial charge in [0.15, 0.2) is 0 Å². The Kier molecular flexibility index (Phi) is 28.0. The van der Waals surface area contributed by atoms with Gasteiger partial charge in [0.1, 0.15) is 0 Å². The summed E-state index contributed by atoms with van der Waals surface area (Å²) in [6.45, 7) is 12.7. The van der Waals surface area contributed by atoms with Gasteiger partial charge in [-0.3, -0.25) is 0 Å². The van der Waals surface area contributed by atoms with Crippen LogP contribution in [0.15, 0.2) is 37.0 Å². The van der Waals surface area contributed by atoms with Crippen molar-refractivity contribution in [3.8, 4) is 0 Å². The summed E-state index contributed by atoms with van der Waals surface area (Å²) in [7, 11) is 0. The van der Waals surface area contributed by atoms with Crippen LogP contribution in [0, 0.1) is 5.41 Å². The predicted molar refractivity (Wildman–Crippen MR) is 160 cm³/mol. The molecule has 0 fully saturated rings. The van der Waals surface area contributed by atoms with Crippen LogP contribution in [0.25, 0.3) is 0 Å². The molecule has 0 aromatic carbocycles. The van der Waals surface area contributed by atoms with Crippen molar-refractivity contribution in [2.75, 3.05) is 33.0 Å². The molecule has 0 spiro atoms. The van der Waals surface area contributed by atoms with Crippen LogP contribution >= 0.6 is 0 Å². The number of hydrogen-bond acceptors (Lipinski definition) is 4. The molecule has 0 radical (unpaired) electrons. The van der Waals surface area contributed by atoms with Gasteiger partial charge in [0.2, 0.25) is 0 Å². The molecular weight excluding hydrogens is 460 g/mol. The predicted octanol–water partition coefficient (Wildman–Crippen LogP) is 10.3. The van der Waals surface area contributed by atoms with Crippen LogP contribution in [0.2, 0.25) is 0 Å². The van der Waals surface area contributed by atoms with Crippen LogP contribution in [0.3, 0.4) is 0 Å². The van der Waals surface area contributed by atoms with E-state index in [0.717, 1.165) is 71.6 Å². The Morgan fingerprint density at radius 3 is 1.22 bits per heavy atom. The smallest absolute Gasteiger partial charge is 0.0873 e. The lowest BCUT2D eigenvalue weighted by molar-refractivity contribution is 0.124. The number of rotatable bonds is 29. The molecule has 0 rings (SSSR count). The first kappa shape index (κ1) is 35.6. The van der Waals surface area contributed by atoms with Gasteiger partial charge in [-0.05, 0) is 83.0 Å². The van der Waals surface area contributed by atoms with Gasteiger partial charge in [0, 0.05) is 13.2 Å². The summed E-state index contributed by atoms with van der Waals surface area (Å²) in [4.78, 5) is 0. The molecule has 4 heteroatoms. The summed E-state index contributed by atoms with van der Waals surface area (Å²) in [6.07, 6.45) is 32.5. The molecule has 0 aliphatic carbocycles. The molecule has 4 nitrogen and oxygen atoms in total. The van der Waals surface area contributed by atoms with Gasteiger partial charge < -0.3 is 18.9 Å². The molecule has 0 aliphatic rings. The molecular formula is C33H62O4. The van der Waals surface area contributed by atoms with Crippen molar-refractivity contribution in [3.63, 3.8) is 0 Å². The Hall–Kier alpha value is -1.42. The maximum Gasteiger partial charge on any atom is 0.0873 e. The summed E-state index contributed by atoms with van der Waals surface area (Å²) in [5.41, 5.74) is 0.352. The van der Waals surface area contributed by atoms with Gasteiger partial charge in [-0.1, -0.05) is 77.5 Å². The molecule has 0 unspecified atom stereocenters. The van der Waals surface area contributed by atoms with Gasteiger partial charge in [0.25, 0.3) is 0 Å². The van der Waals surface area contributed by atoms with E-state index in [0.29, 0.717) is 5.41 Å². The fraction of sp³-hybridized carbons (Fsp3) is 0.818. The molecule has 0 aliphatic heterocycles. The van der Waals surface area contributed by atoms with E-state index < -0.39 is 0 Å². The van der Waals surface area contributed by atoms with Crippen LogP contribution in [0.1, 0.15) is 137 Å². The fourth-order valence-electron chi connectivity index (χ4n) is 4.77. The van der Waals surface area contributed by atoms with Crippen LogP contribution in [-0.2, 0) is 18.9 Å². The van der Waals surface area contributed by atoms with Crippen LogP contribution in [0.5, 0.6) is 0 Å². The zero-order chi connectivity index (χ0) is 27.1. The Morgan fingerprint density at radius 1 is 0.432 bits per heavy atom. The second-order valence-electron chi connectivity index (χ2n) is 10.2. The van der Waals surface area contributed by atoms with E-state index in [1.807, 2.05) is 18.8 Å². The van der Waals surface area contributed by atoms with Gasteiger partial charge in [-0.25, -0.2) is 0 Å². The highest BCUT2D eigenvalue weighted by Gasteiger charge is 2.28. The molecule has 37 heavy (non-hydrogen) atoms. The molecule has 0 aromatic heterocycles. The average molecular weight is 523 g/mol. The van der Waals surface area contributed by atoms with Crippen molar-refractivity contribution in [3.05, 3.63) is 37.0 Å². The van der Waals surface area contributed by atoms with Crippen molar-refractivity contribution < 1.29 is 18.9 Å². The van der Waals surface area contributed by atoms with Crippen LogP contribution in [0.4, 0.5) is 0 Å². The van der Waals surface area contributed by atoms with Gasteiger partial charge >= 0.3 is 0 Å². The molecule has 0 atom stereocenters. The first-order valence-electron chi connectivity index (χ1n) is 15.6. The van der Waals surface area contributed by atoms with Crippen LogP contribution < -0.4 is 0 Å². The second kappa shape index (κ2) is 29.1. The third kappa shape index (κ3) is 24.7. The lowest BCUT2D eigenvalue weighted by atomic mass is 9.71. The zero-order valence-electron chi connectivity index (χ0n) is 25.2. The standard InChI is InChI=1S/C33H62O4/c1-5-9-26-35-30-19-23-33(24-20-31-36-27-10-6-2,25-21-32-37-28-11-7-3)22-17-15-13-12-14-16-18-29-34-8-4/h9-11,26-28H,5-8,12-25,29-32H2,1-4H3. The summed E-state index contributed by atoms with van der Waals surface area (Å²) >= 11 is 0. The van der Waals surface area contributed by atoms with E-state index in [9.17, 15) is 0 Å². The Bertz CT molecular complexity index is 471. The molecule has 0 heterocycles. The van der Waals surface area contributed by atoms with Gasteiger partial charge in [-0.15, -0.1) is 0 Å². The quantitative estimate of drug-likeness (QED) is 0.0723. The molecule has 0 bridgehead atoms. The van der Waals surface area contributed by atoms with E-state index in [4.69, 9.17) is 18.9 Å². The SMILES string of the molecule is CCC=COCCCC(CCCCCCCCCOCC)(CCCOC=CCC)CCCOC=CCC. The number of unbranched alkanes of at least 4 members (excludes halogenated alkanes) is 6. The van der Waals surface area contributed by atoms with E-state index in [2.05, 4.69) is 45.9 Å². The van der Waals surface area contributed by atoms with Gasteiger partial charge in [-0.2, -0.15) is 0 Å². The minimum atomic E-state index is 0.352. The van der Waals surface area contributed by atoms with Gasteiger partial charge in [0.05, 0.1) is 38.6 Å². The Morgan fingerprint density at radius 2 is 0.811 bits per heavy atom. The zero-order valence-corrected chi connectivity index (χ0v) is 25.2. The van der Waals surface area contributed by atoms with E-state index in [1.165, 1.54) is 70.6 Å². The average Bonchev–Trinajstić information content (AvgIpc) is 2.91. The Balaban J connectivity index is 4.80. The number of ether oxygens (including phenoxy) is 4. The third-order valence-electron chi connectivity index (χ3n) is 6.89. The topological polar surface area (TPSA) is 36.9 Å². The molecule has 0 saturated heterocycles. The monoisotopic (exact) mass is 522 g/mol. The first-order valence-corrected chi connectivity index (χ1v) is 15.6. The summed E-state index contributed by atoms with van der Waals surface area (Å²) in [5, 5.41) is 0. The molecule has 218 valence electrons. The van der Waals surface area contributed by atoms with E-state index >= 15 is 0 Å². The van der Waals surface area contributed by atoms with E-state index in [1.54, 1.807) is 0 Å². The van der Waals surface area contributed by atoms with Crippen LogP contribution in [-0.4, -0.2) is 33.0 Å². The summed E-state index contributed by atoms with van der Waals surface area (Å²) in [6, 6.07) is 0. The molecule has 0 amide bonds. The van der Waals surface area contributed by atoms with E-state index in [-0.39, 0.29) is 0 Å². The first-order chi connectivity index (χ1) is 18.2. The number of allylic oxidation sites excluding steroid dienone is 3. The van der Waals surface area contributed by atoms with Crippen molar-refractivity contribution in [2.24, 2.45) is 5.41 Å². The highest BCUT2D eigenvalue weighted by atomic mass is 16.5. The third-order valence-corrected chi connectivity index (χ3v) is 6.89. The lowest BCUT2D eigenvalue weighted by Gasteiger charge is -2.35. The molecule has 0 N–H and O–H groups in total. The maximum atomic E-state index is 5.76. The molecule has 0 aromatic rings. The number of hydrogen-bond donors (Lipinski definition) is 0.